The molecular formula is C14H23N3O3S. The molecule has 1 rings (SSSR count). The summed E-state index contributed by atoms with van der Waals surface area (Å²) in [6, 6.07) is 6.80. The SMILES string of the molecule is CCN(CC(=O)NC(C)C)S(=O)(=O)Cc1ccccc1N. The standard InChI is InChI=1S/C14H23N3O3S/c1-4-17(9-14(18)16-11(2)3)21(19,20)10-12-7-5-6-8-13(12)15/h5-8,11H,4,9-10,15H2,1-3H3,(H,16,18). The number of hydrogen-bond donors (Lipinski definition) is 2. The van der Waals surface area contributed by atoms with E-state index in [4.69, 9.17) is 5.73 Å². The zero-order valence-corrected chi connectivity index (χ0v) is 13.5. The number of rotatable bonds is 7. The topological polar surface area (TPSA) is 92.5 Å². The van der Waals surface area contributed by atoms with Crippen molar-refractivity contribution in [2.24, 2.45) is 0 Å². The van der Waals surface area contributed by atoms with E-state index in [9.17, 15) is 13.2 Å². The number of carbonyl (C=O) groups is 1. The molecule has 0 saturated heterocycles. The number of amides is 1. The van der Waals surface area contributed by atoms with Crippen molar-refractivity contribution in [3.05, 3.63) is 29.8 Å². The Morgan fingerprint density at radius 2 is 1.95 bits per heavy atom. The molecule has 0 spiro atoms. The molecule has 21 heavy (non-hydrogen) atoms. The Morgan fingerprint density at radius 1 is 1.33 bits per heavy atom. The number of anilines is 1. The molecule has 118 valence electrons. The molecule has 0 unspecified atom stereocenters. The van der Waals surface area contributed by atoms with E-state index in [1.54, 1.807) is 31.2 Å². The molecule has 6 nitrogen and oxygen atoms in total. The van der Waals surface area contributed by atoms with Crippen LogP contribution >= 0.6 is 0 Å². The number of nitrogens with two attached hydrogens (primary N) is 1. The van der Waals surface area contributed by atoms with Crippen LogP contribution in [0, 0.1) is 0 Å². The van der Waals surface area contributed by atoms with Crippen molar-refractivity contribution < 1.29 is 13.2 Å². The molecule has 0 aliphatic heterocycles. The number of nitrogen functional groups attached to an aromatic ring is 1. The van der Waals surface area contributed by atoms with Crippen LogP contribution in [0.4, 0.5) is 5.69 Å². The summed E-state index contributed by atoms with van der Waals surface area (Å²) >= 11 is 0. The zero-order chi connectivity index (χ0) is 16.0. The molecule has 0 saturated carbocycles. The second-order valence-corrected chi connectivity index (χ2v) is 7.07. The van der Waals surface area contributed by atoms with Crippen LogP contribution in [-0.4, -0.2) is 37.8 Å². The average Bonchev–Trinajstić information content (AvgIpc) is 2.37. The number of carbonyl (C=O) groups excluding carboxylic acids is 1. The minimum atomic E-state index is -3.59. The monoisotopic (exact) mass is 313 g/mol. The lowest BCUT2D eigenvalue weighted by Gasteiger charge is -2.21. The van der Waals surface area contributed by atoms with E-state index >= 15 is 0 Å². The fourth-order valence-electron chi connectivity index (χ4n) is 1.89. The van der Waals surface area contributed by atoms with E-state index in [-0.39, 0.29) is 30.8 Å². The number of benzene rings is 1. The van der Waals surface area contributed by atoms with Crippen LogP contribution in [0.1, 0.15) is 26.3 Å². The highest BCUT2D eigenvalue weighted by atomic mass is 32.2. The minimum Gasteiger partial charge on any atom is -0.398 e. The quantitative estimate of drug-likeness (QED) is 0.733. The van der Waals surface area contributed by atoms with Crippen molar-refractivity contribution in [2.45, 2.75) is 32.6 Å². The number of nitrogens with one attached hydrogen (secondary N) is 1. The van der Waals surface area contributed by atoms with Crippen molar-refractivity contribution in [1.82, 2.24) is 9.62 Å². The molecule has 0 aromatic heterocycles. The van der Waals surface area contributed by atoms with E-state index < -0.39 is 10.0 Å². The lowest BCUT2D eigenvalue weighted by Crippen LogP contribution is -2.43. The van der Waals surface area contributed by atoms with Crippen LogP contribution in [0.3, 0.4) is 0 Å². The lowest BCUT2D eigenvalue weighted by atomic mass is 10.2. The molecule has 0 radical (unpaired) electrons. The van der Waals surface area contributed by atoms with Gasteiger partial charge in [0.15, 0.2) is 0 Å². The zero-order valence-electron chi connectivity index (χ0n) is 12.7. The Hall–Kier alpha value is -1.60. The van der Waals surface area contributed by atoms with Gasteiger partial charge in [0.1, 0.15) is 0 Å². The first-order valence-corrected chi connectivity index (χ1v) is 8.47. The van der Waals surface area contributed by atoms with Gasteiger partial charge in [0.25, 0.3) is 0 Å². The van der Waals surface area contributed by atoms with Gasteiger partial charge >= 0.3 is 0 Å². The molecular weight excluding hydrogens is 290 g/mol. The van der Waals surface area contributed by atoms with Gasteiger partial charge in [-0.3, -0.25) is 4.79 Å². The molecule has 0 atom stereocenters. The van der Waals surface area contributed by atoms with Gasteiger partial charge in [-0.1, -0.05) is 25.1 Å². The molecule has 7 heteroatoms. The summed E-state index contributed by atoms with van der Waals surface area (Å²) in [7, 11) is -3.59. The van der Waals surface area contributed by atoms with E-state index in [0.29, 0.717) is 11.3 Å². The fraction of sp³-hybridized carbons (Fsp3) is 0.500. The third kappa shape index (κ3) is 5.35. The highest BCUT2D eigenvalue weighted by Crippen LogP contribution is 2.16. The normalized spacial score (nSPS) is 11.9. The van der Waals surface area contributed by atoms with Gasteiger partial charge in [-0.05, 0) is 25.5 Å². The molecule has 0 heterocycles. The Kier molecular flexibility index (Phi) is 6.17. The van der Waals surface area contributed by atoms with Crippen LogP contribution < -0.4 is 11.1 Å². The maximum absolute atomic E-state index is 12.4. The van der Waals surface area contributed by atoms with Gasteiger partial charge in [-0.25, -0.2) is 8.42 Å². The fourth-order valence-corrected chi connectivity index (χ4v) is 3.43. The molecule has 1 amide bonds. The second-order valence-electron chi connectivity index (χ2n) is 5.10. The number of likely N-dealkylation sites (N-methyl/N-ethyl adjacent to an activating group) is 1. The van der Waals surface area contributed by atoms with Crippen LogP contribution in [-0.2, 0) is 20.6 Å². The number of sulfonamides is 1. The minimum absolute atomic E-state index is 0.0244. The first-order valence-electron chi connectivity index (χ1n) is 6.86. The van der Waals surface area contributed by atoms with Crippen molar-refractivity contribution in [2.75, 3.05) is 18.8 Å². The molecule has 3 N–H and O–H groups in total. The summed E-state index contributed by atoms with van der Waals surface area (Å²) in [5, 5.41) is 2.69. The van der Waals surface area contributed by atoms with E-state index in [1.165, 1.54) is 0 Å². The van der Waals surface area contributed by atoms with Crippen molar-refractivity contribution in [3.63, 3.8) is 0 Å². The van der Waals surface area contributed by atoms with Crippen LogP contribution in [0.2, 0.25) is 0 Å². The van der Waals surface area contributed by atoms with Crippen LogP contribution in [0.5, 0.6) is 0 Å². The van der Waals surface area contributed by atoms with Crippen molar-refractivity contribution in [1.29, 1.82) is 0 Å². The lowest BCUT2D eigenvalue weighted by molar-refractivity contribution is -0.121. The largest absolute Gasteiger partial charge is 0.398 e. The molecule has 1 aromatic carbocycles. The third-order valence-electron chi connectivity index (χ3n) is 2.91. The summed E-state index contributed by atoms with van der Waals surface area (Å²) in [6.45, 7) is 5.42. The summed E-state index contributed by atoms with van der Waals surface area (Å²) in [4.78, 5) is 11.7. The van der Waals surface area contributed by atoms with Crippen molar-refractivity contribution in [3.8, 4) is 0 Å². The molecule has 0 aliphatic rings. The van der Waals surface area contributed by atoms with Crippen LogP contribution in [0.15, 0.2) is 24.3 Å². The van der Waals surface area contributed by atoms with Gasteiger partial charge in [-0.15, -0.1) is 0 Å². The molecule has 1 aromatic rings. The summed E-state index contributed by atoms with van der Waals surface area (Å²) in [6.07, 6.45) is 0. The first kappa shape index (κ1) is 17.5. The summed E-state index contributed by atoms with van der Waals surface area (Å²) in [5.74, 6) is -0.515. The number of para-hydroxylation sites is 1. The van der Waals surface area contributed by atoms with Crippen LogP contribution in [0.25, 0.3) is 0 Å². The predicted octanol–water partition coefficient (Wildman–Crippen LogP) is 0.945. The number of nitrogens with zero attached hydrogens (tertiary/aromatic N) is 1. The van der Waals surface area contributed by atoms with Crippen molar-refractivity contribution >= 4 is 21.6 Å². The maximum Gasteiger partial charge on any atom is 0.235 e. The van der Waals surface area contributed by atoms with Gasteiger partial charge in [0.2, 0.25) is 15.9 Å². The Bertz CT molecular complexity index is 585. The van der Waals surface area contributed by atoms with Gasteiger partial charge in [0, 0.05) is 18.3 Å². The Morgan fingerprint density at radius 3 is 2.48 bits per heavy atom. The molecule has 0 aliphatic carbocycles. The molecule has 0 bridgehead atoms. The van der Waals surface area contributed by atoms with E-state index in [0.717, 1.165) is 4.31 Å². The van der Waals surface area contributed by atoms with Gasteiger partial charge in [-0.2, -0.15) is 4.31 Å². The average molecular weight is 313 g/mol. The first-order chi connectivity index (χ1) is 9.76. The summed E-state index contributed by atoms with van der Waals surface area (Å²) < 4.78 is 26.0. The Labute approximate surface area is 126 Å². The van der Waals surface area contributed by atoms with Gasteiger partial charge in [0.05, 0.1) is 12.3 Å². The smallest absolute Gasteiger partial charge is 0.235 e. The summed E-state index contributed by atoms with van der Waals surface area (Å²) in [5.41, 5.74) is 6.75. The Balaban J connectivity index is 2.83. The maximum atomic E-state index is 12.4. The highest BCUT2D eigenvalue weighted by molar-refractivity contribution is 7.88. The third-order valence-corrected chi connectivity index (χ3v) is 4.76. The van der Waals surface area contributed by atoms with E-state index in [2.05, 4.69) is 5.32 Å². The highest BCUT2D eigenvalue weighted by Gasteiger charge is 2.24. The molecule has 0 fully saturated rings. The second kappa shape index (κ2) is 7.42. The van der Waals surface area contributed by atoms with E-state index in [1.807, 2.05) is 13.8 Å². The predicted molar refractivity (Wildman–Crippen MR) is 84.0 cm³/mol. The number of hydrogen-bond acceptors (Lipinski definition) is 4. The van der Waals surface area contributed by atoms with Gasteiger partial charge < -0.3 is 11.1 Å².